The molecular formula is C15H15ClIN3O4. The molecule has 7 nitrogen and oxygen atoms in total. The molecule has 4 rings (SSSR count). The van der Waals surface area contributed by atoms with Gasteiger partial charge in [0.1, 0.15) is 28.8 Å². The maximum Gasteiger partial charge on any atom is 0.224 e. The minimum absolute atomic E-state index is 0.131. The molecule has 0 aliphatic carbocycles. The highest BCUT2D eigenvalue weighted by Crippen LogP contribution is 2.51. The van der Waals surface area contributed by atoms with Gasteiger partial charge in [0.05, 0.1) is 5.39 Å². The van der Waals surface area contributed by atoms with Gasteiger partial charge in [-0.25, -0.2) is 9.97 Å². The van der Waals surface area contributed by atoms with Crippen LogP contribution in [-0.4, -0.2) is 41.9 Å². The topological polar surface area (TPSA) is 75.5 Å². The monoisotopic (exact) mass is 463 g/mol. The molecule has 0 saturated carbocycles. The SMILES string of the molecule is CC1(C)O[C@H]2[C@H](n3ccc4c(Cl)ncnc43)O[C@H](C(=O)I)[C@@]2(C)O1. The fourth-order valence-electron chi connectivity index (χ4n) is 3.56. The molecule has 128 valence electrons. The van der Waals surface area contributed by atoms with E-state index < -0.39 is 29.8 Å². The van der Waals surface area contributed by atoms with Crippen LogP contribution in [0, 0.1) is 0 Å². The summed E-state index contributed by atoms with van der Waals surface area (Å²) in [4.78, 5) is 20.4. The van der Waals surface area contributed by atoms with E-state index in [9.17, 15) is 4.79 Å². The van der Waals surface area contributed by atoms with Crippen LogP contribution < -0.4 is 0 Å². The highest BCUT2D eigenvalue weighted by atomic mass is 127. The minimum atomic E-state index is -0.875. The van der Waals surface area contributed by atoms with Gasteiger partial charge in [0.15, 0.2) is 18.1 Å². The molecule has 2 aromatic rings. The molecule has 24 heavy (non-hydrogen) atoms. The molecule has 0 amide bonds. The molecule has 2 saturated heterocycles. The molecule has 2 fully saturated rings. The van der Waals surface area contributed by atoms with Crippen molar-refractivity contribution < 1.29 is 19.0 Å². The van der Waals surface area contributed by atoms with Crippen molar-refractivity contribution in [1.29, 1.82) is 0 Å². The van der Waals surface area contributed by atoms with Crippen LogP contribution in [0.4, 0.5) is 0 Å². The number of rotatable bonds is 2. The Hall–Kier alpha value is -0.810. The van der Waals surface area contributed by atoms with Gasteiger partial charge in [-0.15, -0.1) is 0 Å². The van der Waals surface area contributed by atoms with E-state index in [0.717, 1.165) is 0 Å². The van der Waals surface area contributed by atoms with Crippen LogP contribution in [0.2, 0.25) is 5.15 Å². The van der Waals surface area contributed by atoms with E-state index in [1.165, 1.54) is 6.33 Å². The zero-order valence-corrected chi connectivity index (χ0v) is 16.1. The molecular weight excluding hydrogens is 449 g/mol. The summed E-state index contributed by atoms with van der Waals surface area (Å²) < 4.78 is 19.8. The Morgan fingerprint density at radius 1 is 1.38 bits per heavy atom. The summed E-state index contributed by atoms with van der Waals surface area (Å²) in [5, 5.41) is 1.08. The van der Waals surface area contributed by atoms with Crippen LogP contribution in [0.3, 0.4) is 0 Å². The Balaban J connectivity index is 1.83. The summed E-state index contributed by atoms with van der Waals surface area (Å²) in [5.74, 6) is -0.804. The molecule has 2 aliphatic rings. The predicted molar refractivity (Wildman–Crippen MR) is 93.9 cm³/mol. The van der Waals surface area contributed by atoms with Crippen LogP contribution in [0.1, 0.15) is 27.0 Å². The third-order valence-electron chi connectivity index (χ3n) is 4.44. The van der Waals surface area contributed by atoms with Gasteiger partial charge in [-0.1, -0.05) is 11.6 Å². The summed E-state index contributed by atoms with van der Waals surface area (Å²) in [6, 6.07) is 1.82. The number of hydrogen-bond donors (Lipinski definition) is 0. The Labute approximate surface area is 156 Å². The van der Waals surface area contributed by atoms with Crippen LogP contribution in [0.25, 0.3) is 11.0 Å². The van der Waals surface area contributed by atoms with Gasteiger partial charge >= 0.3 is 0 Å². The second-order valence-corrected chi connectivity index (χ2v) is 7.98. The third kappa shape index (κ3) is 2.31. The van der Waals surface area contributed by atoms with E-state index in [4.69, 9.17) is 25.8 Å². The lowest BCUT2D eigenvalue weighted by molar-refractivity contribution is -0.207. The second kappa shape index (κ2) is 5.34. The van der Waals surface area contributed by atoms with E-state index >= 15 is 0 Å². The summed E-state index contributed by atoms with van der Waals surface area (Å²) in [7, 11) is 0. The van der Waals surface area contributed by atoms with Crippen LogP contribution >= 0.6 is 34.2 Å². The normalized spacial score (nSPS) is 34.6. The first-order valence-electron chi connectivity index (χ1n) is 7.43. The van der Waals surface area contributed by atoms with Gasteiger partial charge < -0.3 is 18.8 Å². The average Bonchev–Trinajstić information content (AvgIpc) is 3.07. The molecule has 2 aliphatic heterocycles. The first-order valence-corrected chi connectivity index (χ1v) is 8.88. The zero-order valence-electron chi connectivity index (χ0n) is 13.2. The molecule has 4 heterocycles. The van der Waals surface area contributed by atoms with Gasteiger partial charge in [0.2, 0.25) is 3.79 Å². The number of halogens is 2. The van der Waals surface area contributed by atoms with Crippen molar-refractivity contribution in [3.8, 4) is 0 Å². The number of hydrogen-bond acceptors (Lipinski definition) is 6. The lowest BCUT2D eigenvalue weighted by atomic mass is 9.95. The maximum absolute atomic E-state index is 12.1. The molecule has 0 aromatic carbocycles. The third-order valence-corrected chi connectivity index (χ3v) is 5.30. The minimum Gasteiger partial charge on any atom is -0.340 e. The number of carbonyl (C=O) groups is 1. The molecule has 9 heteroatoms. The van der Waals surface area contributed by atoms with E-state index in [-0.39, 0.29) is 3.79 Å². The maximum atomic E-state index is 12.1. The smallest absolute Gasteiger partial charge is 0.224 e. The van der Waals surface area contributed by atoms with E-state index in [0.29, 0.717) is 16.2 Å². The molecule has 0 spiro atoms. The van der Waals surface area contributed by atoms with E-state index in [1.807, 2.05) is 37.6 Å². The van der Waals surface area contributed by atoms with Crippen molar-refractivity contribution in [2.75, 3.05) is 0 Å². The Bertz CT molecular complexity index is 841. The van der Waals surface area contributed by atoms with Gasteiger partial charge in [0, 0.05) is 28.8 Å². The van der Waals surface area contributed by atoms with E-state index in [1.54, 1.807) is 22.6 Å². The first-order chi connectivity index (χ1) is 11.2. The molecule has 0 bridgehead atoms. The lowest BCUT2D eigenvalue weighted by Gasteiger charge is -2.27. The van der Waals surface area contributed by atoms with Crippen molar-refractivity contribution >= 4 is 49.0 Å². The number of aromatic nitrogens is 3. The van der Waals surface area contributed by atoms with Crippen LogP contribution in [0.5, 0.6) is 0 Å². The van der Waals surface area contributed by atoms with Crippen molar-refractivity contribution in [2.24, 2.45) is 0 Å². The predicted octanol–water partition coefficient (Wildman–Crippen LogP) is 2.85. The molecule has 2 aromatic heterocycles. The quantitative estimate of drug-likeness (QED) is 0.387. The number of fused-ring (bicyclic) bond motifs is 2. The average molecular weight is 464 g/mol. The summed E-state index contributed by atoms with van der Waals surface area (Å²) >= 11 is 7.86. The Morgan fingerprint density at radius 3 is 2.83 bits per heavy atom. The molecule has 4 atom stereocenters. The first kappa shape index (κ1) is 16.6. The number of carbonyl (C=O) groups excluding carboxylic acids is 1. The van der Waals surface area contributed by atoms with Crippen molar-refractivity contribution in [2.45, 2.75) is 50.6 Å². The lowest BCUT2D eigenvalue weighted by Crippen LogP contribution is -2.45. The highest BCUT2D eigenvalue weighted by Gasteiger charge is 2.65. The largest absolute Gasteiger partial charge is 0.340 e. The summed E-state index contributed by atoms with van der Waals surface area (Å²) in [5.41, 5.74) is -0.253. The van der Waals surface area contributed by atoms with Crippen molar-refractivity contribution in [1.82, 2.24) is 14.5 Å². The number of ether oxygens (including phenoxy) is 3. The van der Waals surface area contributed by atoms with Crippen LogP contribution in [0.15, 0.2) is 18.6 Å². The summed E-state index contributed by atoms with van der Waals surface area (Å²) in [6.45, 7) is 5.51. The fourth-order valence-corrected chi connectivity index (χ4v) is 4.52. The summed E-state index contributed by atoms with van der Waals surface area (Å²) in [6.07, 6.45) is 1.46. The Morgan fingerprint density at radius 2 is 2.12 bits per heavy atom. The highest BCUT2D eigenvalue weighted by molar-refractivity contribution is 14.1. The van der Waals surface area contributed by atoms with Gasteiger partial charge in [-0.2, -0.15) is 0 Å². The fraction of sp³-hybridized carbons (Fsp3) is 0.533. The van der Waals surface area contributed by atoms with Crippen LogP contribution in [-0.2, 0) is 19.0 Å². The zero-order chi connectivity index (χ0) is 17.3. The molecule has 0 unspecified atom stereocenters. The van der Waals surface area contributed by atoms with Crippen molar-refractivity contribution in [3.05, 3.63) is 23.7 Å². The Kier molecular flexibility index (Phi) is 3.70. The number of nitrogens with zero attached hydrogens (tertiary/aromatic N) is 3. The van der Waals surface area contributed by atoms with E-state index in [2.05, 4.69) is 9.97 Å². The van der Waals surface area contributed by atoms with Crippen molar-refractivity contribution in [3.63, 3.8) is 0 Å². The molecule has 0 N–H and O–H groups in total. The van der Waals surface area contributed by atoms with Gasteiger partial charge in [-0.05, 0) is 26.8 Å². The standard InChI is InChI=1S/C15H15ClIN3O4/c1-14(2)23-9-13(22-8(11(17)21)15(9,3)24-14)20-5-4-7-10(16)18-6-19-12(7)20/h4-6,8-9,13H,1-3H3/t8-,9+,13-,15-/m1/s1. The second-order valence-electron chi connectivity index (χ2n) is 6.56. The van der Waals surface area contributed by atoms with Gasteiger partial charge in [0.25, 0.3) is 0 Å². The molecule has 0 radical (unpaired) electrons. The van der Waals surface area contributed by atoms with Gasteiger partial charge in [-0.3, -0.25) is 4.79 Å².